The van der Waals surface area contributed by atoms with Crippen molar-refractivity contribution in [3.63, 3.8) is 0 Å². The molecule has 25 valence electrons. The second-order valence-corrected chi connectivity index (χ2v) is 0.250. The summed E-state index contributed by atoms with van der Waals surface area (Å²) in [6, 6.07) is 0. The predicted octanol–water partition coefficient (Wildman–Crippen LogP) is -8.33. The van der Waals surface area contributed by atoms with E-state index in [0.29, 0.717) is 0 Å². The van der Waals surface area contributed by atoms with Gasteiger partial charge in [0, 0.05) is 1.43 Å². The SMILES string of the molecule is O=C([O-])[O-].[H].[K+].[K+]. The molecule has 0 N–H and O–H groups in total. The van der Waals surface area contributed by atoms with Crippen LogP contribution < -0.4 is 113 Å². The van der Waals surface area contributed by atoms with Gasteiger partial charge in [-0.3, -0.25) is 0 Å². The molecule has 0 aromatic rings. The van der Waals surface area contributed by atoms with Gasteiger partial charge in [-0.1, -0.05) is 0 Å². The van der Waals surface area contributed by atoms with Gasteiger partial charge in [0.1, 0.15) is 0 Å². The van der Waals surface area contributed by atoms with E-state index in [-0.39, 0.29) is 104 Å². The van der Waals surface area contributed by atoms with Gasteiger partial charge in [0.05, 0.1) is 0 Å². The van der Waals surface area contributed by atoms with Crippen molar-refractivity contribution in [3.8, 4) is 0 Å². The molecule has 0 aromatic carbocycles. The molecule has 0 saturated carbocycles. The first-order valence-corrected chi connectivity index (χ1v) is 0.612. The minimum absolute atomic E-state index is 0. The van der Waals surface area contributed by atoms with Crippen LogP contribution in [0.2, 0.25) is 0 Å². The maximum Gasteiger partial charge on any atom is 1.00 e. The van der Waals surface area contributed by atoms with Crippen LogP contribution in [0.25, 0.3) is 0 Å². The van der Waals surface area contributed by atoms with Crippen LogP contribution in [0, 0.1) is 0 Å². The number of hydrogen-bond donors (Lipinski definition) is 0. The van der Waals surface area contributed by atoms with Gasteiger partial charge >= 0.3 is 103 Å². The van der Waals surface area contributed by atoms with E-state index in [0.717, 1.165) is 0 Å². The van der Waals surface area contributed by atoms with Gasteiger partial charge in [0.2, 0.25) is 0 Å². The minimum atomic E-state index is -2.33. The van der Waals surface area contributed by atoms with Gasteiger partial charge in [-0.25, -0.2) is 0 Å². The van der Waals surface area contributed by atoms with Crippen molar-refractivity contribution in [3.05, 3.63) is 0 Å². The molecule has 6 heavy (non-hydrogen) atoms. The number of rotatable bonds is 0. The predicted molar refractivity (Wildman–Crippen MR) is 6.51 cm³/mol. The van der Waals surface area contributed by atoms with Crippen LogP contribution in [-0.4, -0.2) is 6.16 Å². The molecule has 0 rings (SSSR count). The molecule has 0 bridgehead atoms. The van der Waals surface area contributed by atoms with Crippen LogP contribution in [0.15, 0.2) is 0 Å². The molecule has 0 aliphatic heterocycles. The second kappa shape index (κ2) is 10.5. The average molecular weight is 139 g/mol. The van der Waals surface area contributed by atoms with Crippen molar-refractivity contribution in [2.45, 2.75) is 0 Å². The Morgan fingerprint density at radius 3 is 1.33 bits per heavy atom. The number of hydrogen-bond acceptors (Lipinski definition) is 3. The zero-order valence-corrected chi connectivity index (χ0v) is 9.97. The van der Waals surface area contributed by atoms with E-state index in [9.17, 15) is 0 Å². The third-order valence-electron chi connectivity index (χ3n) is 0. The molecule has 0 heterocycles. The van der Waals surface area contributed by atoms with Gasteiger partial charge in [-0.2, -0.15) is 0 Å². The standard InChI is InChI=1S/CH2O3.2K.H/c2-1(3)4;;;/h(H2,2,3,4);;;/q;2*+1;/p-2. The van der Waals surface area contributed by atoms with E-state index >= 15 is 0 Å². The van der Waals surface area contributed by atoms with Crippen LogP contribution >= 0.6 is 0 Å². The zero-order valence-electron chi connectivity index (χ0n) is 4.72. The summed E-state index contributed by atoms with van der Waals surface area (Å²) in [5.41, 5.74) is 0. The van der Waals surface area contributed by atoms with Crippen molar-refractivity contribution >= 4 is 6.16 Å². The summed E-state index contributed by atoms with van der Waals surface area (Å²) in [7, 11) is 0. The van der Waals surface area contributed by atoms with Crippen molar-refractivity contribution in [2.75, 3.05) is 0 Å². The van der Waals surface area contributed by atoms with E-state index in [1.54, 1.807) is 0 Å². The van der Waals surface area contributed by atoms with Crippen LogP contribution in [0.3, 0.4) is 0 Å². The smallest absolute Gasteiger partial charge is 0.652 e. The van der Waals surface area contributed by atoms with Crippen molar-refractivity contribution in [1.29, 1.82) is 0 Å². The maximum absolute atomic E-state index is 8.33. The largest absolute Gasteiger partial charge is 1.00 e. The van der Waals surface area contributed by atoms with Gasteiger partial charge in [0.15, 0.2) is 0 Å². The minimum Gasteiger partial charge on any atom is -0.652 e. The van der Waals surface area contributed by atoms with E-state index < -0.39 is 6.16 Å². The molecular formula is CHK2O3. The summed E-state index contributed by atoms with van der Waals surface area (Å²) in [5.74, 6) is 0. The topological polar surface area (TPSA) is 63.2 Å². The molecule has 0 aliphatic carbocycles. The Bertz CT molecular complexity index is 35.9. The summed E-state index contributed by atoms with van der Waals surface area (Å²) in [4.78, 5) is 8.33. The number of carbonyl (C=O) groups is 1. The molecular weight excluding hydrogens is 138 g/mol. The van der Waals surface area contributed by atoms with E-state index in [1.807, 2.05) is 0 Å². The Hall–Kier alpha value is 2.54. The molecule has 0 amide bonds. The van der Waals surface area contributed by atoms with Crippen LogP contribution in [0.5, 0.6) is 0 Å². The fourth-order valence-corrected chi connectivity index (χ4v) is 0. The number of carboxylic acid groups (broad SMARTS) is 2. The zero-order chi connectivity index (χ0) is 3.58. The fourth-order valence-electron chi connectivity index (χ4n) is 0. The molecule has 0 spiro atoms. The maximum atomic E-state index is 8.33. The van der Waals surface area contributed by atoms with Crippen LogP contribution in [0.1, 0.15) is 1.43 Å². The number of carbonyl (C=O) groups excluding carboxylic acids is 1. The quantitative estimate of drug-likeness (QED) is 0.313. The molecule has 1 radical (unpaired) electrons. The van der Waals surface area contributed by atoms with Crippen LogP contribution in [-0.2, 0) is 0 Å². The van der Waals surface area contributed by atoms with Gasteiger partial charge in [0.25, 0.3) is 0 Å². The van der Waals surface area contributed by atoms with E-state index in [1.165, 1.54) is 0 Å². The average Bonchev–Trinajstić information content (AvgIpc) is 0.811. The summed E-state index contributed by atoms with van der Waals surface area (Å²) in [6.07, 6.45) is -2.33. The fraction of sp³-hybridized carbons (Fsp3) is 0. The molecule has 0 unspecified atom stereocenters. The molecule has 0 aromatic heterocycles. The molecule has 5 heteroatoms. The first-order valence-electron chi connectivity index (χ1n) is 0.612. The first-order chi connectivity index (χ1) is 1.73. The van der Waals surface area contributed by atoms with Gasteiger partial charge in [-0.15, -0.1) is 0 Å². The van der Waals surface area contributed by atoms with Gasteiger partial charge < -0.3 is 15.0 Å². The summed E-state index contributed by atoms with van der Waals surface area (Å²) in [5, 5.41) is 16.7. The van der Waals surface area contributed by atoms with E-state index in [2.05, 4.69) is 0 Å². The van der Waals surface area contributed by atoms with Crippen LogP contribution in [0.4, 0.5) is 4.79 Å². The third-order valence-corrected chi connectivity index (χ3v) is 0. The Morgan fingerprint density at radius 2 is 1.33 bits per heavy atom. The Labute approximate surface area is 122 Å². The molecule has 3 nitrogen and oxygen atoms in total. The first kappa shape index (κ1) is 15.8. The van der Waals surface area contributed by atoms with Crippen molar-refractivity contribution in [1.82, 2.24) is 0 Å². The Balaban J connectivity index is -0.0000000150. The van der Waals surface area contributed by atoms with E-state index in [4.69, 9.17) is 15.0 Å². The molecule has 0 saturated heterocycles. The second-order valence-electron chi connectivity index (χ2n) is 0.250. The Kier molecular flexibility index (Phi) is 27.7. The molecule has 0 atom stereocenters. The van der Waals surface area contributed by atoms with Crippen molar-refractivity contribution in [2.24, 2.45) is 0 Å². The third kappa shape index (κ3) is 31.1. The Morgan fingerprint density at radius 1 is 1.33 bits per heavy atom. The van der Waals surface area contributed by atoms with Gasteiger partial charge in [-0.05, 0) is 6.16 Å². The monoisotopic (exact) mass is 139 g/mol. The normalized spacial score (nSPS) is 4.00. The summed E-state index contributed by atoms with van der Waals surface area (Å²) in [6.45, 7) is 0. The molecule has 0 aliphatic rings. The summed E-state index contributed by atoms with van der Waals surface area (Å²) >= 11 is 0. The molecule has 0 fully saturated rings. The summed E-state index contributed by atoms with van der Waals surface area (Å²) < 4.78 is 0. The van der Waals surface area contributed by atoms with Crippen molar-refractivity contribution < 1.29 is 119 Å².